The van der Waals surface area contributed by atoms with Crippen LogP contribution in [0.3, 0.4) is 0 Å². The smallest absolute Gasteiger partial charge is 0.103 e. The highest BCUT2D eigenvalue weighted by atomic mass is 19.1. The van der Waals surface area contributed by atoms with Gasteiger partial charge in [0.1, 0.15) is 5.83 Å². The van der Waals surface area contributed by atoms with Gasteiger partial charge in [0.15, 0.2) is 0 Å². The van der Waals surface area contributed by atoms with Crippen LogP contribution in [0.25, 0.3) is 0 Å². The Morgan fingerprint density at radius 2 is 2.18 bits per heavy atom. The van der Waals surface area contributed by atoms with Crippen molar-refractivity contribution in [2.45, 2.75) is 33.1 Å². The van der Waals surface area contributed by atoms with Crippen molar-refractivity contribution in [3.8, 4) is 0 Å². The molecule has 11 heavy (non-hydrogen) atoms. The molecule has 0 saturated carbocycles. The van der Waals surface area contributed by atoms with E-state index in [0.717, 1.165) is 19.3 Å². The molecule has 0 saturated heterocycles. The predicted molar refractivity (Wildman–Crippen MR) is 46.0 cm³/mol. The maximum Gasteiger partial charge on any atom is 0.103 e. The number of halogens is 1. The van der Waals surface area contributed by atoms with Gasteiger partial charge in [-0.2, -0.15) is 0 Å². The molecule has 0 fully saturated rings. The first-order valence-corrected chi connectivity index (χ1v) is 4.34. The zero-order chi connectivity index (χ0) is 8.27. The number of hydrogen-bond donors (Lipinski definition) is 0. The van der Waals surface area contributed by atoms with Gasteiger partial charge < -0.3 is 0 Å². The van der Waals surface area contributed by atoms with Gasteiger partial charge in [0, 0.05) is 5.92 Å². The SMILES string of the molecule is CCC1=CCC=C(F)C1CC. The third kappa shape index (κ3) is 1.70. The third-order valence-electron chi connectivity index (χ3n) is 2.29. The van der Waals surface area contributed by atoms with Gasteiger partial charge in [-0.1, -0.05) is 25.5 Å². The quantitative estimate of drug-likeness (QED) is 0.533. The van der Waals surface area contributed by atoms with Gasteiger partial charge in [0.25, 0.3) is 0 Å². The average molecular weight is 154 g/mol. The van der Waals surface area contributed by atoms with Crippen molar-refractivity contribution in [2.75, 3.05) is 0 Å². The van der Waals surface area contributed by atoms with Crippen LogP contribution in [0.4, 0.5) is 4.39 Å². The molecule has 1 rings (SSSR count). The average Bonchev–Trinajstić information content (AvgIpc) is 2.04. The van der Waals surface area contributed by atoms with Crippen molar-refractivity contribution in [3.63, 3.8) is 0 Å². The highest BCUT2D eigenvalue weighted by Gasteiger charge is 2.17. The van der Waals surface area contributed by atoms with Crippen LogP contribution >= 0.6 is 0 Å². The fraction of sp³-hybridized carbons (Fsp3) is 0.600. The first-order valence-electron chi connectivity index (χ1n) is 4.34. The largest absolute Gasteiger partial charge is 0.212 e. The van der Waals surface area contributed by atoms with Crippen molar-refractivity contribution in [1.82, 2.24) is 0 Å². The Labute approximate surface area is 67.8 Å². The Bertz CT molecular complexity index is 189. The fourth-order valence-electron chi connectivity index (χ4n) is 1.63. The van der Waals surface area contributed by atoms with Crippen molar-refractivity contribution >= 4 is 0 Å². The predicted octanol–water partition coefficient (Wildman–Crippen LogP) is 3.61. The maximum atomic E-state index is 13.1. The zero-order valence-corrected chi connectivity index (χ0v) is 7.23. The van der Waals surface area contributed by atoms with Crippen molar-refractivity contribution in [3.05, 3.63) is 23.6 Å². The fourth-order valence-corrected chi connectivity index (χ4v) is 1.63. The van der Waals surface area contributed by atoms with Crippen LogP contribution in [0.15, 0.2) is 23.6 Å². The number of rotatable bonds is 2. The minimum absolute atomic E-state index is 0.0758. The summed E-state index contributed by atoms with van der Waals surface area (Å²) in [6.45, 7) is 4.12. The second-order valence-corrected chi connectivity index (χ2v) is 2.92. The summed E-state index contributed by atoms with van der Waals surface area (Å²) in [5, 5.41) is 0. The van der Waals surface area contributed by atoms with Crippen LogP contribution in [-0.4, -0.2) is 0 Å². The molecule has 1 aliphatic carbocycles. The van der Waals surface area contributed by atoms with Crippen LogP contribution in [0, 0.1) is 5.92 Å². The van der Waals surface area contributed by atoms with Gasteiger partial charge in [0.05, 0.1) is 0 Å². The molecule has 0 bridgehead atoms. The van der Waals surface area contributed by atoms with Crippen LogP contribution in [0.1, 0.15) is 33.1 Å². The molecule has 0 heterocycles. The summed E-state index contributed by atoms with van der Waals surface area (Å²) in [5.74, 6) is 0.167. The van der Waals surface area contributed by atoms with E-state index < -0.39 is 0 Å². The summed E-state index contributed by atoms with van der Waals surface area (Å²) >= 11 is 0. The summed E-state index contributed by atoms with van der Waals surface area (Å²) in [4.78, 5) is 0. The van der Waals surface area contributed by atoms with Crippen LogP contribution < -0.4 is 0 Å². The second kappa shape index (κ2) is 3.70. The molecular formula is C10H15F. The van der Waals surface area contributed by atoms with Crippen LogP contribution in [0.5, 0.6) is 0 Å². The van der Waals surface area contributed by atoms with Gasteiger partial charge in [-0.3, -0.25) is 0 Å². The van der Waals surface area contributed by atoms with E-state index >= 15 is 0 Å². The van der Waals surface area contributed by atoms with E-state index in [1.807, 2.05) is 6.92 Å². The maximum absolute atomic E-state index is 13.1. The van der Waals surface area contributed by atoms with Gasteiger partial charge in [-0.25, -0.2) is 4.39 Å². The molecule has 0 aromatic rings. The molecule has 1 heteroatoms. The van der Waals surface area contributed by atoms with Crippen molar-refractivity contribution in [1.29, 1.82) is 0 Å². The third-order valence-corrected chi connectivity index (χ3v) is 2.29. The molecule has 0 spiro atoms. The second-order valence-electron chi connectivity index (χ2n) is 2.92. The van der Waals surface area contributed by atoms with E-state index in [0.29, 0.717) is 0 Å². The molecule has 0 aliphatic heterocycles. The summed E-state index contributed by atoms with van der Waals surface area (Å²) in [6.07, 6.45) is 6.50. The summed E-state index contributed by atoms with van der Waals surface area (Å²) in [6, 6.07) is 0. The molecule has 62 valence electrons. The number of allylic oxidation sites excluding steroid dienone is 4. The first kappa shape index (κ1) is 8.51. The van der Waals surface area contributed by atoms with Gasteiger partial charge >= 0.3 is 0 Å². The van der Waals surface area contributed by atoms with Gasteiger partial charge in [-0.05, 0) is 25.3 Å². The molecule has 1 unspecified atom stereocenters. The Hall–Kier alpha value is -0.590. The molecule has 0 nitrogen and oxygen atoms in total. The Morgan fingerprint density at radius 3 is 2.64 bits per heavy atom. The van der Waals surface area contributed by atoms with E-state index in [-0.39, 0.29) is 11.7 Å². The molecule has 0 aromatic heterocycles. The zero-order valence-electron chi connectivity index (χ0n) is 7.23. The highest BCUT2D eigenvalue weighted by molar-refractivity contribution is 5.22. The molecule has 0 N–H and O–H groups in total. The standard InChI is InChI=1S/C10H15F/c1-3-8-6-5-7-10(11)9(8)4-2/h6-7,9H,3-5H2,1-2H3. The lowest BCUT2D eigenvalue weighted by Gasteiger charge is -2.19. The highest BCUT2D eigenvalue weighted by Crippen LogP contribution is 2.31. The van der Waals surface area contributed by atoms with Gasteiger partial charge in [0.2, 0.25) is 0 Å². The lowest BCUT2D eigenvalue weighted by molar-refractivity contribution is 0.481. The van der Waals surface area contributed by atoms with E-state index in [1.165, 1.54) is 5.57 Å². The molecule has 1 atom stereocenters. The van der Waals surface area contributed by atoms with E-state index in [9.17, 15) is 4.39 Å². The van der Waals surface area contributed by atoms with E-state index in [1.54, 1.807) is 6.08 Å². The van der Waals surface area contributed by atoms with Crippen LogP contribution in [-0.2, 0) is 0 Å². The summed E-state index contributed by atoms with van der Waals surface area (Å²) in [5.41, 5.74) is 1.27. The summed E-state index contributed by atoms with van der Waals surface area (Å²) < 4.78 is 13.1. The molecule has 0 amide bonds. The number of hydrogen-bond acceptors (Lipinski definition) is 0. The first-order chi connectivity index (χ1) is 5.29. The normalized spacial score (nSPS) is 24.5. The lowest BCUT2D eigenvalue weighted by atomic mass is 9.88. The van der Waals surface area contributed by atoms with Gasteiger partial charge in [-0.15, -0.1) is 0 Å². The minimum Gasteiger partial charge on any atom is -0.212 e. The molecule has 1 aliphatic rings. The van der Waals surface area contributed by atoms with Crippen molar-refractivity contribution < 1.29 is 4.39 Å². The van der Waals surface area contributed by atoms with E-state index in [2.05, 4.69) is 13.0 Å². The molecular weight excluding hydrogens is 139 g/mol. The Morgan fingerprint density at radius 1 is 1.45 bits per heavy atom. The lowest BCUT2D eigenvalue weighted by Crippen LogP contribution is -2.06. The molecule has 0 radical (unpaired) electrons. The summed E-state index contributed by atoms with van der Waals surface area (Å²) in [7, 11) is 0. The Balaban J connectivity index is 2.73. The Kier molecular flexibility index (Phi) is 2.86. The topological polar surface area (TPSA) is 0 Å². The molecule has 0 aromatic carbocycles. The minimum atomic E-state index is 0.0758. The monoisotopic (exact) mass is 154 g/mol. The van der Waals surface area contributed by atoms with E-state index in [4.69, 9.17) is 0 Å². The van der Waals surface area contributed by atoms with Crippen LogP contribution in [0.2, 0.25) is 0 Å². The van der Waals surface area contributed by atoms with Crippen molar-refractivity contribution in [2.24, 2.45) is 5.92 Å².